The summed E-state index contributed by atoms with van der Waals surface area (Å²) in [5, 5.41) is 9.54. The van der Waals surface area contributed by atoms with E-state index in [2.05, 4.69) is 29.1 Å². The lowest BCUT2D eigenvalue weighted by molar-refractivity contribution is -0.0109. The van der Waals surface area contributed by atoms with Crippen molar-refractivity contribution in [1.82, 2.24) is 16.0 Å². The number of hydrogen-bond donors (Lipinski definition) is 4. The number of fused-ring (bicyclic) bond motifs is 2. The van der Waals surface area contributed by atoms with E-state index in [4.69, 9.17) is 34.2 Å². The number of amides is 1. The van der Waals surface area contributed by atoms with Gasteiger partial charge >= 0.3 is 0 Å². The SMILES string of the molecule is C=C(N)N[C@@H]1C[C@@H](COCCOCCOCCNC(=C)OC(C)(C)C)Oc2ccc(C(=O)N[C@H]3CC(C)(C)Oc4ccccc43)cc21. The summed E-state index contributed by atoms with van der Waals surface area (Å²) in [4.78, 5) is 13.5. The van der Waals surface area contributed by atoms with Gasteiger partial charge in [-0.3, -0.25) is 4.79 Å². The predicted molar refractivity (Wildman–Crippen MR) is 181 cm³/mol. The van der Waals surface area contributed by atoms with E-state index in [1.165, 1.54) is 0 Å². The van der Waals surface area contributed by atoms with E-state index >= 15 is 0 Å². The fourth-order valence-electron chi connectivity index (χ4n) is 5.64. The monoisotopic (exact) mass is 652 g/mol. The third-order valence-corrected chi connectivity index (χ3v) is 7.53. The summed E-state index contributed by atoms with van der Waals surface area (Å²) in [6, 6.07) is 12.9. The number of rotatable bonds is 17. The molecule has 1 amide bonds. The fourth-order valence-corrected chi connectivity index (χ4v) is 5.64. The minimum atomic E-state index is -0.402. The van der Waals surface area contributed by atoms with Gasteiger partial charge in [0.25, 0.3) is 5.91 Å². The molecule has 11 nitrogen and oxygen atoms in total. The largest absolute Gasteiger partial charge is 0.488 e. The molecule has 258 valence electrons. The van der Waals surface area contributed by atoms with Crippen LogP contribution in [0.1, 0.15) is 81.0 Å². The molecule has 47 heavy (non-hydrogen) atoms. The lowest BCUT2D eigenvalue weighted by Crippen LogP contribution is -2.41. The molecule has 0 saturated heterocycles. The molecule has 0 saturated carbocycles. The van der Waals surface area contributed by atoms with Crippen LogP contribution in [0.5, 0.6) is 11.5 Å². The summed E-state index contributed by atoms with van der Waals surface area (Å²) >= 11 is 0. The van der Waals surface area contributed by atoms with Gasteiger partial charge in [-0.15, -0.1) is 0 Å². The quantitative estimate of drug-likeness (QED) is 0.139. The topological polar surface area (TPSA) is 135 Å². The highest BCUT2D eigenvalue weighted by Gasteiger charge is 2.35. The molecule has 11 heteroatoms. The maximum Gasteiger partial charge on any atom is 0.251 e. The van der Waals surface area contributed by atoms with E-state index in [-0.39, 0.29) is 29.7 Å². The molecule has 3 atom stereocenters. The number of carbonyl (C=O) groups is 1. The molecule has 2 aliphatic heterocycles. The average molecular weight is 653 g/mol. The molecule has 0 aliphatic carbocycles. The number of nitrogens with one attached hydrogen (secondary N) is 3. The Morgan fingerprint density at radius 2 is 1.64 bits per heavy atom. The van der Waals surface area contributed by atoms with E-state index in [9.17, 15) is 4.79 Å². The van der Waals surface area contributed by atoms with Crippen LogP contribution < -0.4 is 31.2 Å². The molecule has 0 fully saturated rings. The number of hydrogen-bond acceptors (Lipinski definition) is 10. The van der Waals surface area contributed by atoms with E-state index < -0.39 is 5.60 Å². The number of carbonyl (C=O) groups excluding carboxylic acids is 1. The maximum atomic E-state index is 13.5. The fraction of sp³-hybridized carbons (Fsp3) is 0.528. The van der Waals surface area contributed by atoms with E-state index in [0.717, 1.165) is 16.9 Å². The van der Waals surface area contributed by atoms with Crippen LogP contribution in [0.2, 0.25) is 0 Å². The van der Waals surface area contributed by atoms with Crippen LogP contribution in [0.4, 0.5) is 0 Å². The Bertz CT molecular complexity index is 1370. The second-order valence-corrected chi connectivity index (χ2v) is 13.4. The van der Waals surface area contributed by atoms with Crippen molar-refractivity contribution < 1.29 is 33.2 Å². The van der Waals surface area contributed by atoms with Gasteiger partial charge in [-0.05, 0) is 65.5 Å². The van der Waals surface area contributed by atoms with Gasteiger partial charge in [-0.1, -0.05) is 24.8 Å². The van der Waals surface area contributed by atoms with Gasteiger partial charge in [-0.25, -0.2) is 0 Å². The molecule has 0 aromatic heterocycles. The van der Waals surface area contributed by atoms with Crippen molar-refractivity contribution in [3.63, 3.8) is 0 Å². The zero-order valence-corrected chi connectivity index (χ0v) is 28.5. The van der Waals surface area contributed by atoms with Crippen LogP contribution in [-0.2, 0) is 18.9 Å². The van der Waals surface area contributed by atoms with Gasteiger partial charge in [0, 0.05) is 36.1 Å². The first-order chi connectivity index (χ1) is 22.3. The van der Waals surface area contributed by atoms with E-state index in [1.54, 1.807) is 6.07 Å². The van der Waals surface area contributed by atoms with Gasteiger partial charge in [0.05, 0.1) is 57.5 Å². The zero-order valence-electron chi connectivity index (χ0n) is 28.5. The van der Waals surface area contributed by atoms with Crippen LogP contribution >= 0.6 is 0 Å². The zero-order chi connectivity index (χ0) is 34.0. The molecule has 5 N–H and O–H groups in total. The molecule has 0 radical (unpaired) electrons. The Morgan fingerprint density at radius 1 is 0.936 bits per heavy atom. The van der Waals surface area contributed by atoms with Crippen molar-refractivity contribution in [2.45, 2.75) is 76.9 Å². The summed E-state index contributed by atoms with van der Waals surface area (Å²) in [7, 11) is 0. The predicted octanol–water partition coefficient (Wildman–Crippen LogP) is 4.86. The minimum Gasteiger partial charge on any atom is -0.488 e. The standard InChI is InChI=1S/C36H52N4O7/c1-24(37)39-30-21-27(23-44-19-18-43-17-16-42-15-14-38-25(2)46-35(3,4)5)45-32-13-12-26(20-29(30)32)34(41)40-31-22-36(6,7)47-33-11-9-8-10-28(31)33/h8-13,20,27,30-31,38-39H,1-2,14-19,21-23,37H2,3-7H3,(H,40,41)/t27-,30+,31-/m0/s1. The number of ether oxygens (including phenoxy) is 6. The van der Waals surface area contributed by atoms with Gasteiger partial charge in [0.2, 0.25) is 0 Å². The number of benzene rings is 2. The van der Waals surface area contributed by atoms with Crippen molar-refractivity contribution >= 4 is 5.91 Å². The Kier molecular flexibility index (Phi) is 12.4. The van der Waals surface area contributed by atoms with Gasteiger partial charge < -0.3 is 50.1 Å². The highest BCUT2D eigenvalue weighted by atomic mass is 16.6. The second-order valence-electron chi connectivity index (χ2n) is 13.4. The summed E-state index contributed by atoms with van der Waals surface area (Å²) in [6.45, 7) is 21.0. The van der Waals surface area contributed by atoms with Gasteiger partial charge in [-0.2, -0.15) is 0 Å². The Balaban J connectivity index is 1.21. The molecule has 4 rings (SSSR count). The molecule has 2 aliphatic rings. The first kappa shape index (κ1) is 35.9. The highest BCUT2D eigenvalue weighted by molar-refractivity contribution is 5.95. The third-order valence-electron chi connectivity index (χ3n) is 7.53. The second kappa shape index (κ2) is 16.3. The molecule has 2 aromatic carbocycles. The van der Waals surface area contributed by atoms with Crippen LogP contribution in [-0.4, -0.2) is 69.4 Å². The highest BCUT2D eigenvalue weighted by Crippen LogP contribution is 2.40. The smallest absolute Gasteiger partial charge is 0.251 e. The van der Waals surface area contributed by atoms with E-state index in [0.29, 0.717) is 82.0 Å². The van der Waals surface area contributed by atoms with Crippen molar-refractivity contribution in [2.75, 3.05) is 46.2 Å². The first-order valence-corrected chi connectivity index (χ1v) is 16.2. The molecular weight excluding hydrogens is 600 g/mol. The lowest BCUT2D eigenvalue weighted by atomic mass is 9.89. The van der Waals surface area contributed by atoms with Crippen molar-refractivity contribution in [3.8, 4) is 11.5 Å². The molecule has 2 aromatic rings. The molecule has 0 bridgehead atoms. The summed E-state index contributed by atoms with van der Waals surface area (Å²) in [5.41, 5.74) is 7.62. The lowest BCUT2D eigenvalue weighted by Gasteiger charge is -2.38. The van der Waals surface area contributed by atoms with Crippen LogP contribution in [0.15, 0.2) is 67.3 Å². The summed E-state index contributed by atoms with van der Waals surface area (Å²) in [5.74, 6) is 2.17. The maximum absolute atomic E-state index is 13.5. The summed E-state index contributed by atoms with van der Waals surface area (Å²) in [6.07, 6.45) is 1.03. The Labute approximate surface area is 279 Å². The Hall–Kier alpha value is -3.93. The summed E-state index contributed by atoms with van der Waals surface area (Å²) < 4.78 is 35.1. The Morgan fingerprint density at radius 3 is 2.36 bits per heavy atom. The van der Waals surface area contributed by atoms with Crippen LogP contribution in [0, 0.1) is 0 Å². The average Bonchev–Trinajstić information content (AvgIpc) is 2.98. The third kappa shape index (κ3) is 11.4. The van der Waals surface area contributed by atoms with Crippen molar-refractivity contribution in [3.05, 3.63) is 84.0 Å². The van der Waals surface area contributed by atoms with Crippen molar-refractivity contribution in [2.24, 2.45) is 5.73 Å². The van der Waals surface area contributed by atoms with Gasteiger partial charge in [0.15, 0.2) is 5.88 Å². The molecule has 0 spiro atoms. The normalized spacial score (nSPS) is 19.6. The minimum absolute atomic E-state index is 0.167. The number of nitrogens with two attached hydrogens (primary N) is 1. The van der Waals surface area contributed by atoms with Crippen LogP contribution in [0.25, 0.3) is 0 Å². The van der Waals surface area contributed by atoms with Crippen LogP contribution in [0.3, 0.4) is 0 Å². The first-order valence-electron chi connectivity index (χ1n) is 16.2. The van der Waals surface area contributed by atoms with E-state index in [1.807, 2.05) is 71.0 Å². The van der Waals surface area contributed by atoms with Crippen molar-refractivity contribution in [1.29, 1.82) is 0 Å². The van der Waals surface area contributed by atoms with Gasteiger partial charge in [0.1, 0.15) is 28.8 Å². The number of para-hydroxylation sites is 1. The molecular formula is C36H52N4O7. The molecule has 0 unspecified atom stereocenters. The molecule has 2 heterocycles.